The molecule has 34 heavy (non-hydrogen) atoms. The van der Waals surface area contributed by atoms with Gasteiger partial charge >= 0.3 is 5.97 Å². The molecule has 11 heteroatoms. The van der Waals surface area contributed by atoms with Crippen LogP contribution in [0.25, 0.3) is 0 Å². The zero-order valence-electron chi connectivity index (χ0n) is 19.8. The smallest absolute Gasteiger partial charge is 0.326 e. The Morgan fingerprint density at radius 3 is 2.12 bits per heavy atom. The predicted molar refractivity (Wildman–Crippen MR) is 138 cm³/mol. The van der Waals surface area contributed by atoms with E-state index in [1.165, 1.54) is 11.8 Å². The molecule has 0 saturated heterocycles. The van der Waals surface area contributed by atoms with Gasteiger partial charge in [-0.15, -0.1) is 0 Å². The fraction of sp³-hybridized carbons (Fsp3) is 0.565. The van der Waals surface area contributed by atoms with Gasteiger partial charge in [0.1, 0.15) is 18.1 Å². The van der Waals surface area contributed by atoms with Crippen LogP contribution in [-0.2, 0) is 25.6 Å². The largest absolute Gasteiger partial charge is 0.480 e. The molecule has 1 aromatic carbocycles. The van der Waals surface area contributed by atoms with Gasteiger partial charge in [0.05, 0.1) is 6.04 Å². The van der Waals surface area contributed by atoms with Crippen LogP contribution in [0.5, 0.6) is 0 Å². The summed E-state index contributed by atoms with van der Waals surface area (Å²) in [6.07, 6.45) is 2.61. The quantitative estimate of drug-likeness (QED) is 0.190. The minimum absolute atomic E-state index is 0.158. The topological polar surface area (TPSA) is 151 Å². The number of carboxylic acids is 1. The number of carbonyl (C=O) groups is 4. The summed E-state index contributed by atoms with van der Waals surface area (Å²) < 4.78 is 0. The molecule has 0 bridgehead atoms. The van der Waals surface area contributed by atoms with E-state index in [0.29, 0.717) is 17.9 Å². The van der Waals surface area contributed by atoms with E-state index in [1.807, 2.05) is 36.6 Å². The van der Waals surface area contributed by atoms with E-state index in [4.69, 9.17) is 5.73 Å². The van der Waals surface area contributed by atoms with Crippen molar-refractivity contribution in [3.05, 3.63) is 35.9 Å². The van der Waals surface area contributed by atoms with Gasteiger partial charge in [0.2, 0.25) is 17.7 Å². The molecule has 0 saturated carbocycles. The molecule has 0 fully saturated rings. The first-order valence-electron chi connectivity index (χ1n) is 11.1. The molecule has 190 valence electrons. The average Bonchev–Trinajstić information content (AvgIpc) is 2.79. The number of rotatable bonds is 15. The summed E-state index contributed by atoms with van der Waals surface area (Å²) in [4.78, 5) is 50.2. The third kappa shape index (κ3) is 10.4. The number of hydrogen-bond acceptors (Lipinski definition) is 7. The SMILES string of the molecule is CSCC[C@H](NC(=O)[C@H](Cc1ccccc1)NC(=O)[C@@H](NC(=O)[C@@H](N)CCS)C(C)C)C(=O)O. The highest BCUT2D eigenvalue weighted by Crippen LogP contribution is 2.09. The molecule has 0 radical (unpaired) electrons. The molecule has 3 amide bonds. The van der Waals surface area contributed by atoms with Crippen LogP contribution in [-0.4, -0.2) is 70.7 Å². The second-order valence-corrected chi connectivity index (χ2v) is 9.71. The number of thioether (sulfide) groups is 1. The number of nitrogens with two attached hydrogens (primary N) is 1. The molecule has 0 aliphatic carbocycles. The van der Waals surface area contributed by atoms with Crippen LogP contribution in [0.4, 0.5) is 0 Å². The van der Waals surface area contributed by atoms with Crippen LogP contribution in [0.3, 0.4) is 0 Å². The number of hydrogen-bond donors (Lipinski definition) is 6. The van der Waals surface area contributed by atoms with Crippen LogP contribution in [0, 0.1) is 5.92 Å². The van der Waals surface area contributed by atoms with Crippen LogP contribution >= 0.6 is 24.4 Å². The number of aliphatic carboxylic acids is 1. The Kier molecular flexibility index (Phi) is 13.7. The summed E-state index contributed by atoms with van der Waals surface area (Å²) >= 11 is 5.55. The minimum atomic E-state index is -1.14. The van der Waals surface area contributed by atoms with Crippen LogP contribution < -0.4 is 21.7 Å². The minimum Gasteiger partial charge on any atom is -0.480 e. The summed E-state index contributed by atoms with van der Waals surface area (Å²) in [6.45, 7) is 3.54. The lowest BCUT2D eigenvalue weighted by atomic mass is 10.00. The van der Waals surface area contributed by atoms with Gasteiger partial charge in [0, 0.05) is 6.42 Å². The van der Waals surface area contributed by atoms with Crippen molar-refractivity contribution in [3.63, 3.8) is 0 Å². The van der Waals surface area contributed by atoms with E-state index in [0.717, 1.165) is 5.56 Å². The average molecular weight is 513 g/mol. The zero-order valence-corrected chi connectivity index (χ0v) is 21.5. The maximum Gasteiger partial charge on any atom is 0.326 e. The molecule has 1 aromatic rings. The van der Waals surface area contributed by atoms with Crippen molar-refractivity contribution in [2.45, 2.75) is 57.3 Å². The van der Waals surface area contributed by atoms with Crippen molar-refractivity contribution >= 4 is 48.1 Å². The highest BCUT2D eigenvalue weighted by Gasteiger charge is 2.31. The summed E-state index contributed by atoms with van der Waals surface area (Å²) in [5, 5.41) is 17.4. The standard InChI is InChI=1S/C23H36N4O5S2/c1-14(2)19(27-20(28)16(24)9-11-33)22(30)26-18(13-15-7-5-4-6-8-15)21(29)25-17(23(31)32)10-12-34-3/h4-8,14,16-19,33H,9-13,24H2,1-3H3,(H,25,29)(H,26,30)(H,27,28)(H,31,32)/t16-,17-,18-,19-/m0/s1. The molecule has 0 aromatic heterocycles. The lowest BCUT2D eigenvalue weighted by molar-refractivity contribution is -0.142. The van der Waals surface area contributed by atoms with Crippen molar-refractivity contribution in [3.8, 4) is 0 Å². The third-order valence-corrected chi connectivity index (χ3v) is 6.07. The van der Waals surface area contributed by atoms with E-state index >= 15 is 0 Å². The number of benzene rings is 1. The summed E-state index contributed by atoms with van der Waals surface area (Å²) in [5.74, 6) is -2.07. The number of amides is 3. The second-order valence-electron chi connectivity index (χ2n) is 8.28. The Balaban J connectivity index is 3.05. The highest BCUT2D eigenvalue weighted by atomic mass is 32.2. The first-order valence-corrected chi connectivity index (χ1v) is 13.2. The fourth-order valence-corrected chi connectivity index (χ4v) is 3.90. The number of nitrogens with one attached hydrogen (secondary N) is 3. The predicted octanol–water partition coefficient (Wildman–Crippen LogP) is 0.824. The van der Waals surface area contributed by atoms with Crippen molar-refractivity contribution in [1.82, 2.24) is 16.0 Å². The van der Waals surface area contributed by atoms with E-state index in [2.05, 4.69) is 28.6 Å². The number of carbonyl (C=O) groups excluding carboxylic acids is 3. The van der Waals surface area contributed by atoms with Crippen LogP contribution in [0.15, 0.2) is 30.3 Å². The fourth-order valence-electron chi connectivity index (χ4n) is 3.15. The summed E-state index contributed by atoms with van der Waals surface area (Å²) in [5.41, 5.74) is 6.63. The highest BCUT2D eigenvalue weighted by molar-refractivity contribution is 7.98. The normalized spacial score (nSPS) is 14.5. The van der Waals surface area contributed by atoms with E-state index < -0.39 is 47.9 Å². The van der Waals surface area contributed by atoms with Crippen molar-refractivity contribution in [2.75, 3.05) is 17.8 Å². The molecule has 0 unspecified atom stereocenters. The first kappa shape index (κ1) is 29.8. The van der Waals surface area contributed by atoms with Crippen molar-refractivity contribution < 1.29 is 24.3 Å². The molecule has 0 aliphatic rings. The van der Waals surface area contributed by atoms with Gasteiger partial charge in [0.25, 0.3) is 0 Å². The monoisotopic (exact) mass is 512 g/mol. The van der Waals surface area contributed by atoms with Gasteiger partial charge in [-0.1, -0.05) is 44.2 Å². The van der Waals surface area contributed by atoms with Crippen molar-refractivity contribution in [2.24, 2.45) is 11.7 Å². The van der Waals surface area contributed by atoms with Gasteiger partial charge < -0.3 is 26.8 Å². The lowest BCUT2D eigenvalue weighted by Gasteiger charge is -2.27. The molecule has 9 nitrogen and oxygen atoms in total. The Morgan fingerprint density at radius 2 is 1.59 bits per heavy atom. The maximum atomic E-state index is 13.1. The van der Waals surface area contributed by atoms with Crippen LogP contribution in [0.2, 0.25) is 0 Å². The number of carboxylic acid groups (broad SMARTS) is 1. The molecular formula is C23H36N4O5S2. The summed E-state index contributed by atoms with van der Waals surface area (Å²) in [7, 11) is 0. The molecule has 0 aliphatic heterocycles. The second kappa shape index (κ2) is 15.6. The molecule has 1 rings (SSSR count). The van der Waals surface area contributed by atoms with E-state index in [-0.39, 0.29) is 18.8 Å². The summed E-state index contributed by atoms with van der Waals surface area (Å²) in [6, 6.07) is 5.25. The first-order chi connectivity index (χ1) is 16.1. The Hall–Kier alpha value is -2.24. The van der Waals surface area contributed by atoms with Gasteiger partial charge in [-0.25, -0.2) is 4.79 Å². The van der Waals surface area contributed by atoms with Gasteiger partial charge in [-0.05, 0) is 42.1 Å². The molecule has 0 heterocycles. The van der Waals surface area contributed by atoms with Crippen LogP contribution in [0.1, 0.15) is 32.3 Å². The van der Waals surface area contributed by atoms with Gasteiger partial charge in [0.15, 0.2) is 0 Å². The molecule has 4 atom stereocenters. The van der Waals surface area contributed by atoms with E-state index in [9.17, 15) is 24.3 Å². The Labute approximate surface area is 210 Å². The van der Waals surface area contributed by atoms with Gasteiger partial charge in [-0.3, -0.25) is 14.4 Å². The maximum absolute atomic E-state index is 13.1. The molecule has 0 spiro atoms. The lowest BCUT2D eigenvalue weighted by Crippen LogP contribution is -2.59. The molecule has 6 N–H and O–H groups in total. The number of thiol groups is 1. The van der Waals surface area contributed by atoms with E-state index in [1.54, 1.807) is 13.8 Å². The third-order valence-electron chi connectivity index (χ3n) is 5.16. The Morgan fingerprint density at radius 1 is 0.971 bits per heavy atom. The van der Waals surface area contributed by atoms with Crippen molar-refractivity contribution in [1.29, 1.82) is 0 Å². The van der Waals surface area contributed by atoms with Gasteiger partial charge in [-0.2, -0.15) is 24.4 Å². The zero-order chi connectivity index (χ0) is 25.7. The molecular weight excluding hydrogens is 476 g/mol. The Bertz CT molecular complexity index is 810.